The Bertz CT molecular complexity index is 190. The summed E-state index contributed by atoms with van der Waals surface area (Å²) in [6.45, 7) is 10.7. The minimum absolute atomic E-state index is 0.144. The van der Waals surface area contributed by atoms with E-state index >= 15 is 0 Å². The summed E-state index contributed by atoms with van der Waals surface area (Å²) in [5.41, 5.74) is 0. The van der Waals surface area contributed by atoms with E-state index < -0.39 is 0 Å². The van der Waals surface area contributed by atoms with E-state index in [1.807, 2.05) is 13.8 Å². The van der Waals surface area contributed by atoms with Crippen molar-refractivity contribution in [3.8, 4) is 0 Å². The van der Waals surface area contributed by atoms with Gasteiger partial charge in [0.25, 0.3) is 0 Å². The van der Waals surface area contributed by atoms with Crippen molar-refractivity contribution in [2.24, 2.45) is 5.92 Å². The lowest BCUT2D eigenvalue weighted by atomic mass is 10.1. The number of ketones is 1. The molecule has 0 heterocycles. The Morgan fingerprint density at radius 2 is 1.73 bits per heavy atom. The molecule has 0 bridgehead atoms. The second-order valence-electron chi connectivity index (χ2n) is 4.80. The van der Waals surface area contributed by atoms with Crippen molar-refractivity contribution in [2.45, 2.75) is 33.7 Å². The van der Waals surface area contributed by atoms with Gasteiger partial charge in [0.05, 0.1) is 6.54 Å². The first-order valence-electron chi connectivity index (χ1n) is 5.80. The SMILES string of the molecule is CCN(CC(=O)C(C)C)C(C)CN(C)C. The molecule has 0 aliphatic carbocycles. The molecule has 0 saturated carbocycles. The maximum atomic E-state index is 11.6. The van der Waals surface area contributed by atoms with E-state index in [-0.39, 0.29) is 5.92 Å². The van der Waals surface area contributed by atoms with Crippen LogP contribution in [-0.4, -0.2) is 55.4 Å². The third-order valence-electron chi connectivity index (χ3n) is 2.66. The number of Topliss-reactive ketones (excluding diaryl/α,β-unsaturated/α-hetero) is 1. The molecule has 0 fully saturated rings. The third kappa shape index (κ3) is 5.90. The fourth-order valence-electron chi connectivity index (χ4n) is 1.61. The van der Waals surface area contributed by atoms with E-state index in [4.69, 9.17) is 0 Å². The molecular formula is C12H26N2O. The van der Waals surface area contributed by atoms with Gasteiger partial charge in [0.15, 0.2) is 0 Å². The number of rotatable bonds is 7. The van der Waals surface area contributed by atoms with Crippen LogP contribution in [0.2, 0.25) is 0 Å². The summed E-state index contributed by atoms with van der Waals surface area (Å²) in [6, 6.07) is 0.438. The highest BCUT2D eigenvalue weighted by Gasteiger charge is 2.17. The van der Waals surface area contributed by atoms with Crippen LogP contribution in [0.25, 0.3) is 0 Å². The highest BCUT2D eigenvalue weighted by atomic mass is 16.1. The van der Waals surface area contributed by atoms with E-state index in [1.165, 1.54) is 0 Å². The summed E-state index contributed by atoms with van der Waals surface area (Å²) in [4.78, 5) is 16.0. The van der Waals surface area contributed by atoms with Crippen LogP contribution in [0.4, 0.5) is 0 Å². The van der Waals surface area contributed by atoms with Gasteiger partial charge in [-0.2, -0.15) is 0 Å². The lowest BCUT2D eigenvalue weighted by Crippen LogP contribution is -2.43. The normalized spacial score (nSPS) is 13.9. The number of likely N-dealkylation sites (N-methyl/N-ethyl adjacent to an activating group) is 2. The van der Waals surface area contributed by atoms with Gasteiger partial charge in [0.2, 0.25) is 0 Å². The molecule has 3 heteroatoms. The van der Waals surface area contributed by atoms with E-state index in [0.717, 1.165) is 13.1 Å². The van der Waals surface area contributed by atoms with Crippen LogP contribution >= 0.6 is 0 Å². The molecule has 1 unspecified atom stereocenters. The zero-order valence-electron chi connectivity index (χ0n) is 11.1. The van der Waals surface area contributed by atoms with Gasteiger partial charge in [-0.1, -0.05) is 20.8 Å². The molecule has 0 radical (unpaired) electrons. The molecule has 0 spiro atoms. The summed E-state index contributed by atoms with van der Waals surface area (Å²) in [7, 11) is 4.13. The Kier molecular flexibility index (Phi) is 6.77. The zero-order chi connectivity index (χ0) is 12.0. The smallest absolute Gasteiger partial charge is 0.149 e. The molecule has 3 nitrogen and oxygen atoms in total. The van der Waals surface area contributed by atoms with Gasteiger partial charge in [0, 0.05) is 18.5 Å². The topological polar surface area (TPSA) is 23.6 Å². The molecule has 90 valence electrons. The minimum Gasteiger partial charge on any atom is -0.308 e. The highest BCUT2D eigenvalue weighted by molar-refractivity contribution is 5.82. The van der Waals surface area contributed by atoms with Gasteiger partial charge in [-0.25, -0.2) is 0 Å². The Morgan fingerprint density at radius 1 is 1.20 bits per heavy atom. The Labute approximate surface area is 94.4 Å². The first kappa shape index (κ1) is 14.6. The molecule has 0 saturated heterocycles. The van der Waals surface area contributed by atoms with Crippen molar-refractivity contribution in [1.82, 2.24) is 9.80 Å². The Balaban J connectivity index is 4.17. The molecule has 15 heavy (non-hydrogen) atoms. The van der Waals surface area contributed by atoms with Gasteiger partial charge in [-0.05, 0) is 27.6 Å². The maximum absolute atomic E-state index is 11.6. The highest BCUT2D eigenvalue weighted by Crippen LogP contribution is 2.03. The van der Waals surface area contributed by atoms with Crippen LogP contribution < -0.4 is 0 Å². The predicted molar refractivity (Wildman–Crippen MR) is 65.1 cm³/mol. The molecule has 0 aromatic carbocycles. The van der Waals surface area contributed by atoms with Crippen LogP contribution in [0, 0.1) is 5.92 Å². The summed E-state index contributed by atoms with van der Waals surface area (Å²) in [5, 5.41) is 0. The molecule has 0 N–H and O–H groups in total. The van der Waals surface area contributed by atoms with Gasteiger partial charge >= 0.3 is 0 Å². The fraction of sp³-hybridized carbons (Fsp3) is 0.917. The Morgan fingerprint density at radius 3 is 2.07 bits per heavy atom. The molecule has 0 amide bonds. The maximum Gasteiger partial charge on any atom is 0.149 e. The van der Waals surface area contributed by atoms with Crippen LogP contribution in [0.15, 0.2) is 0 Å². The first-order valence-corrected chi connectivity index (χ1v) is 5.80. The number of nitrogens with zero attached hydrogens (tertiary/aromatic N) is 2. The van der Waals surface area contributed by atoms with Gasteiger partial charge in [0.1, 0.15) is 5.78 Å². The number of carbonyl (C=O) groups is 1. The molecule has 0 aromatic rings. The zero-order valence-corrected chi connectivity index (χ0v) is 11.1. The van der Waals surface area contributed by atoms with Crippen molar-refractivity contribution in [3.63, 3.8) is 0 Å². The molecular weight excluding hydrogens is 188 g/mol. The minimum atomic E-state index is 0.144. The summed E-state index contributed by atoms with van der Waals surface area (Å²) in [5.74, 6) is 0.480. The Hall–Kier alpha value is -0.410. The summed E-state index contributed by atoms with van der Waals surface area (Å²) in [6.07, 6.45) is 0. The first-order chi connectivity index (χ1) is 6.88. The second kappa shape index (κ2) is 6.96. The lowest BCUT2D eigenvalue weighted by Gasteiger charge is -2.29. The predicted octanol–water partition coefficient (Wildman–Crippen LogP) is 1.48. The van der Waals surface area contributed by atoms with E-state index in [9.17, 15) is 4.79 Å². The molecule has 1 atom stereocenters. The number of hydrogen-bond donors (Lipinski definition) is 0. The summed E-state index contributed by atoms with van der Waals surface area (Å²) >= 11 is 0. The average molecular weight is 214 g/mol. The van der Waals surface area contributed by atoms with Crippen LogP contribution in [0.1, 0.15) is 27.7 Å². The van der Waals surface area contributed by atoms with E-state index in [1.54, 1.807) is 0 Å². The van der Waals surface area contributed by atoms with Gasteiger partial charge in [-0.3, -0.25) is 9.69 Å². The van der Waals surface area contributed by atoms with E-state index in [0.29, 0.717) is 18.4 Å². The standard InChI is InChI=1S/C12H26N2O/c1-7-14(9-12(15)10(2)3)11(4)8-13(5)6/h10-11H,7-9H2,1-6H3. The third-order valence-corrected chi connectivity index (χ3v) is 2.66. The van der Waals surface area contributed by atoms with Crippen molar-refractivity contribution in [2.75, 3.05) is 33.7 Å². The molecule has 0 rings (SSSR count). The van der Waals surface area contributed by atoms with Crippen molar-refractivity contribution in [1.29, 1.82) is 0 Å². The van der Waals surface area contributed by atoms with Crippen molar-refractivity contribution < 1.29 is 4.79 Å². The van der Waals surface area contributed by atoms with Gasteiger partial charge in [-0.15, -0.1) is 0 Å². The molecule has 0 aromatic heterocycles. The molecule has 0 aliphatic heterocycles. The fourth-order valence-corrected chi connectivity index (χ4v) is 1.61. The average Bonchev–Trinajstić information content (AvgIpc) is 2.11. The quantitative estimate of drug-likeness (QED) is 0.641. The van der Waals surface area contributed by atoms with Crippen LogP contribution in [-0.2, 0) is 4.79 Å². The van der Waals surface area contributed by atoms with Crippen molar-refractivity contribution in [3.05, 3.63) is 0 Å². The number of carbonyl (C=O) groups excluding carboxylic acids is 1. The van der Waals surface area contributed by atoms with Crippen LogP contribution in [0.5, 0.6) is 0 Å². The van der Waals surface area contributed by atoms with E-state index in [2.05, 4.69) is 37.7 Å². The number of hydrogen-bond acceptors (Lipinski definition) is 3. The second-order valence-corrected chi connectivity index (χ2v) is 4.80. The lowest BCUT2D eigenvalue weighted by molar-refractivity contribution is -0.123. The van der Waals surface area contributed by atoms with Crippen molar-refractivity contribution >= 4 is 5.78 Å². The van der Waals surface area contributed by atoms with Gasteiger partial charge < -0.3 is 4.90 Å². The largest absolute Gasteiger partial charge is 0.308 e. The molecule has 0 aliphatic rings. The monoisotopic (exact) mass is 214 g/mol. The summed E-state index contributed by atoms with van der Waals surface area (Å²) < 4.78 is 0. The van der Waals surface area contributed by atoms with Crippen LogP contribution in [0.3, 0.4) is 0 Å².